The maximum absolute atomic E-state index is 12.3. The molecule has 122 valence electrons. The van der Waals surface area contributed by atoms with E-state index in [4.69, 9.17) is 0 Å². The Morgan fingerprint density at radius 3 is 2.14 bits per heavy atom. The second-order valence-electron chi connectivity index (χ2n) is 7.27. The predicted octanol–water partition coefficient (Wildman–Crippen LogP) is 1.62. The van der Waals surface area contributed by atoms with Crippen LogP contribution >= 0.6 is 0 Å². The summed E-state index contributed by atoms with van der Waals surface area (Å²) in [7, 11) is 3.70. The van der Waals surface area contributed by atoms with Crippen LogP contribution in [0.2, 0.25) is 0 Å². The molecule has 1 aliphatic carbocycles. The summed E-state index contributed by atoms with van der Waals surface area (Å²) in [4.78, 5) is 27.8. The summed E-state index contributed by atoms with van der Waals surface area (Å²) in [6.45, 7) is 6.40. The number of nitrogens with zero attached hydrogens (tertiary/aromatic N) is 2. The van der Waals surface area contributed by atoms with Gasteiger partial charge in [-0.25, -0.2) is 0 Å². The molecule has 0 bridgehead atoms. The maximum atomic E-state index is 12.3. The standard InChI is InChI=1S/C16H31N3O2/c1-16(2,3)17-14(20)11-18(4)12-15(21)19(5)13-9-7-6-8-10-13/h13H,6-12H2,1-5H3,(H,17,20). The van der Waals surface area contributed by atoms with Crippen LogP contribution < -0.4 is 5.32 Å². The van der Waals surface area contributed by atoms with Gasteiger partial charge in [0, 0.05) is 18.6 Å². The highest BCUT2D eigenvalue weighted by atomic mass is 16.2. The van der Waals surface area contributed by atoms with E-state index in [0.29, 0.717) is 12.6 Å². The lowest BCUT2D eigenvalue weighted by atomic mass is 9.94. The monoisotopic (exact) mass is 297 g/mol. The number of likely N-dealkylation sites (N-methyl/N-ethyl adjacent to an activating group) is 2. The first kappa shape index (κ1) is 18.0. The van der Waals surface area contributed by atoms with Gasteiger partial charge in [-0.1, -0.05) is 19.3 Å². The lowest BCUT2D eigenvalue weighted by molar-refractivity contribution is -0.134. The normalized spacial score (nSPS) is 16.9. The Bertz CT molecular complexity index is 357. The first-order chi connectivity index (χ1) is 9.69. The van der Waals surface area contributed by atoms with Crippen LogP contribution in [0.5, 0.6) is 0 Å². The average molecular weight is 297 g/mol. The Morgan fingerprint density at radius 1 is 1.05 bits per heavy atom. The molecule has 2 amide bonds. The van der Waals surface area contributed by atoms with Crippen LogP contribution in [0.15, 0.2) is 0 Å². The quantitative estimate of drug-likeness (QED) is 0.839. The summed E-state index contributed by atoms with van der Waals surface area (Å²) < 4.78 is 0. The summed E-state index contributed by atoms with van der Waals surface area (Å²) >= 11 is 0. The Hall–Kier alpha value is -1.10. The summed E-state index contributed by atoms with van der Waals surface area (Å²) in [6, 6.07) is 0.378. The summed E-state index contributed by atoms with van der Waals surface area (Å²) in [6.07, 6.45) is 5.93. The Kier molecular flexibility index (Phi) is 6.65. The number of amides is 2. The van der Waals surface area contributed by atoms with E-state index in [1.165, 1.54) is 19.3 Å². The van der Waals surface area contributed by atoms with Crippen LogP contribution in [0.1, 0.15) is 52.9 Å². The van der Waals surface area contributed by atoms with Crippen molar-refractivity contribution in [2.45, 2.75) is 64.5 Å². The van der Waals surface area contributed by atoms with E-state index < -0.39 is 0 Å². The number of carbonyl (C=O) groups is 2. The van der Waals surface area contributed by atoms with E-state index >= 15 is 0 Å². The third-order valence-corrected chi connectivity index (χ3v) is 3.85. The Morgan fingerprint density at radius 2 is 1.62 bits per heavy atom. The molecule has 0 aromatic heterocycles. The summed E-state index contributed by atoms with van der Waals surface area (Å²) in [5.41, 5.74) is -0.235. The van der Waals surface area contributed by atoms with Crippen molar-refractivity contribution < 1.29 is 9.59 Å². The molecule has 1 N–H and O–H groups in total. The molecule has 0 radical (unpaired) electrons. The zero-order chi connectivity index (χ0) is 16.0. The van der Waals surface area contributed by atoms with Gasteiger partial charge >= 0.3 is 0 Å². The van der Waals surface area contributed by atoms with Gasteiger partial charge in [0.05, 0.1) is 13.1 Å². The lowest BCUT2D eigenvalue weighted by Crippen LogP contribution is -2.48. The van der Waals surface area contributed by atoms with Crippen molar-refractivity contribution >= 4 is 11.8 Å². The third-order valence-electron chi connectivity index (χ3n) is 3.85. The van der Waals surface area contributed by atoms with E-state index in [0.717, 1.165) is 12.8 Å². The van der Waals surface area contributed by atoms with Gasteiger partial charge in [0.1, 0.15) is 0 Å². The molecule has 0 aromatic rings. The van der Waals surface area contributed by atoms with E-state index in [9.17, 15) is 9.59 Å². The number of nitrogens with one attached hydrogen (secondary N) is 1. The molecule has 0 unspecified atom stereocenters. The van der Waals surface area contributed by atoms with Gasteiger partial charge in [0.25, 0.3) is 0 Å². The molecule has 5 heteroatoms. The molecular weight excluding hydrogens is 266 g/mol. The summed E-state index contributed by atoms with van der Waals surface area (Å²) in [5, 5.41) is 2.91. The van der Waals surface area contributed by atoms with Crippen molar-refractivity contribution in [3.63, 3.8) is 0 Å². The number of rotatable bonds is 5. The smallest absolute Gasteiger partial charge is 0.236 e. The second-order valence-corrected chi connectivity index (χ2v) is 7.27. The molecule has 1 saturated carbocycles. The molecule has 21 heavy (non-hydrogen) atoms. The fourth-order valence-corrected chi connectivity index (χ4v) is 2.77. The van der Waals surface area contributed by atoms with Gasteiger partial charge in [-0.3, -0.25) is 14.5 Å². The first-order valence-electron chi connectivity index (χ1n) is 7.94. The highest BCUT2D eigenvalue weighted by Crippen LogP contribution is 2.21. The molecule has 0 aromatic carbocycles. The van der Waals surface area contributed by atoms with Gasteiger partial charge in [-0.2, -0.15) is 0 Å². The molecule has 0 atom stereocenters. The van der Waals surface area contributed by atoms with Crippen molar-refractivity contribution in [1.29, 1.82) is 0 Å². The van der Waals surface area contributed by atoms with Crippen molar-refractivity contribution in [3.8, 4) is 0 Å². The van der Waals surface area contributed by atoms with Gasteiger partial charge in [0.2, 0.25) is 11.8 Å². The van der Waals surface area contributed by atoms with Gasteiger partial charge < -0.3 is 10.2 Å². The van der Waals surface area contributed by atoms with E-state index in [2.05, 4.69) is 5.32 Å². The minimum Gasteiger partial charge on any atom is -0.350 e. The lowest BCUT2D eigenvalue weighted by Gasteiger charge is -2.32. The van der Waals surface area contributed by atoms with Crippen molar-refractivity contribution in [3.05, 3.63) is 0 Å². The summed E-state index contributed by atoms with van der Waals surface area (Å²) in [5.74, 6) is 0.0612. The average Bonchev–Trinajstić information content (AvgIpc) is 2.36. The molecular formula is C16H31N3O2. The molecule has 0 spiro atoms. The third kappa shape index (κ3) is 6.93. The fourth-order valence-electron chi connectivity index (χ4n) is 2.77. The van der Waals surface area contributed by atoms with Crippen molar-refractivity contribution in [1.82, 2.24) is 15.1 Å². The first-order valence-corrected chi connectivity index (χ1v) is 7.94. The zero-order valence-electron chi connectivity index (χ0n) is 14.2. The van der Waals surface area contributed by atoms with Crippen LogP contribution in [0.25, 0.3) is 0 Å². The van der Waals surface area contributed by atoms with Crippen LogP contribution in [0.4, 0.5) is 0 Å². The second kappa shape index (κ2) is 7.78. The van der Waals surface area contributed by atoms with Gasteiger partial charge in [-0.15, -0.1) is 0 Å². The minimum absolute atomic E-state index is 0.0434. The largest absolute Gasteiger partial charge is 0.350 e. The van der Waals surface area contributed by atoms with E-state index in [1.807, 2.05) is 39.8 Å². The molecule has 1 rings (SSSR count). The number of hydrogen-bond donors (Lipinski definition) is 1. The SMILES string of the molecule is CN(CC(=O)NC(C)(C)C)CC(=O)N(C)C1CCCCC1. The predicted molar refractivity (Wildman–Crippen MR) is 85.0 cm³/mol. The molecule has 1 fully saturated rings. The maximum Gasteiger partial charge on any atom is 0.236 e. The molecule has 5 nitrogen and oxygen atoms in total. The highest BCUT2D eigenvalue weighted by molar-refractivity contribution is 5.81. The van der Waals surface area contributed by atoms with Crippen LogP contribution in [0.3, 0.4) is 0 Å². The van der Waals surface area contributed by atoms with Crippen molar-refractivity contribution in [2.24, 2.45) is 0 Å². The molecule has 0 saturated heterocycles. The van der Waals surface area contributed by atoms with Crippen LogP contribution in [0, 0.1) is 0 Å². The zero-order valence-corrected chi connectivity index (χ0v) is 14.2. The van der Waals surface area contributed by atoms with E-state index in [1.54, 1.807) is 4.90 Å². The molecule has 1 aliphatic rings. The minimum atomic E-state index is -0.235. The number of hydrogen-bond acceptors (Lipinski definition) is 3. The Labute approximate surface area is 129 Å². The van der Waals surface area contributed by atoms with Gasteiger partial charge in [-0.05, 0) is 40.7 Å². The van der Waals surface area contributed by atoms with E-state index in [-0.39, 0.29) is 23.9 Å². The molecule has 0 heterocycles. The van der Waals surface area contributed by atoms with Crippen molar-refractivity contribution in [2.75, 3.05) is 27.2 Å². The van der Waals surface area contributed by atoms with Gasteiger partial charge in [0.15, 0.2) is 0 Å². The fraction of sp³-hybridized carbons (Fsp3) is 0.875. The topological polar surface area (TPSA) is 52.7 Å². The van der Waals surface area contributed by atoms with Crippen LogP contribution in [-0.4, -0.2) is 60.4 Å². The highest BCUT2D eigenvalue weighted by Gasteiger charge is 2.23. The number of carbonyl (C=O) groups excluding carboxylic acids is 2. The Balaban J connectivity index is 2.37. The molecule has 0 aliphatic heterocycles. The van der Waals surface area contributed by atoms with Crippen LogP contribution in [-0.2, 0) is 9.59 Å².